The third-order valence-electron chi connectivity index (χ3n) is 8.22. The van der Waals surface area contributed by atoms with Crippen molar-refractivity contribution in [3.8, 4) is 0 Å². The predicted molar refractivity (Wildman–Crippen MR) is 170 cm³/mol. The van der Waals surface area contributed by atoms with E-state index in [9.17, 15) is 30.0 Å². The average molecular weight is 623 g/mol. The Morgan fingerprint density at radius 2 is 1.43 bits per heavy atom. The Labute approximate surface area is 263 Å². The van der Waals surface area contributed by atoms with Gasteiger partial charge in [-0.2, -0.15) is 0 Å². The quantitative estimate of drug-likeness (QED) is 0.0957. The number of hydrogen-bond acceptors (Lipinski definition) is 8. The van der Waals surface area contributed by atoms with E-state index in [-0.39, 0.29) is 18.9 Å². The fraction of sp³-hybridized carbons (Fsp3) is 0.765. The molecule has 1 aromatic rings. The minimum absolute atomic E-state index is 0.261. The van der Waals surface area contributed by atoms with Crippen LogP contribution in [0.25, 0.3) is 0 Å². The molecule has 0 radical (unpaired) electrons. The van der Waals surface area contributed by atoms with E-state index in [0.717, 1.165) is 38.5 Å². The Hall–Kier alpha value is -2.08. The van der Waals surface area contributed by atoms with Crippen molar-refractivity contribution in [2.75, 3.05) is 19.8 Å². The first-order valence-electron chi connectivity index (χ1n) is 16.9. The van der Waals surface area contributed by atoms with Crippen molar-refractivity contribution in [1.29, 1.82) is 0 Å². The van der Waals surface area contributed by atoms with Crippen molar-refractivity contribution in [2.45, 2.75) is 146 Å². The highest BCUT2D eigenvalue weighted by Crippen LogP contribution is 2.22. The molecule has 1 fully saturated rings. The van der Waals surface area contributed by atoms with Crippen LogP contribution in [0.15, 0.2) is 30.3 Å². The van der Waals surface area contributed by atoms with E-state index >= 15 is 0 Å². The van der Waals surface area contributed by atoms with E-state index in [2.05, 4.69) is 29.7 Å². The van der Waals surface area contributed by atoms with Crippen molar-refractivity contribution in [3.63, 3.8) is 0 Å². The molecule has 2 rings (SSSR count). The van der Waals surface area contributed by atoms with E-state index in [4.69, 9.17) is 9.47 Å². The summed E-state index contributed by atoms with van der Waals surface area (Å²) in [6.45, 7) is 1.80. The molecule has 0 aromatic heterocycles. The highest BCUT2D eigenvalue weighted by molar-refractivity contribution is 5.87. The Balaban J connectivity index is 1.76. The number of carbonyl (C=O) groups is 2. The maximum atomic E-state index is 13.0. The lowest BCUT2D eigenvalue weighted by atomic mass is 9.99. The molecule has 10 heteroatoms. The van der Waals surface area contributed by atoms with Crippen molar-refractivity contribution >= 4 is 11.8 Å². The molecule has 0 saturated carbocycles. The fourth-order valence-corrected chi connectivity index (χ4v) is 5.41. The Morgan fingerprint density at radius 1 is 0.818 bits per heavy atom. The van der Waals surface area contributed by atoms with Gasteiger partial charge in [0.2, 0.25) is 11.8 Å². The van der Waals surface area contributed by atoms with Crippen molar-refractivity contribution in [1.82, 2.24) is 10.6 Å². The number of hydrogen-bond donors (Lipinski definition) is 6. The number of unbranched alkanes of at least 4 members (excludes halogenated alkanes) is 12. The molecule has 0 unspecified atom stereocenters. The largest absolute Gasteiger partial charge is 0.394 e. The highest BCUT2D eigenvalue weighted by atomic mass is 16.7. The number of nitrogens with one attached hydrogen (secondary N) is 2. The zero-order valence-corrected chi connectivity index (χ0v) is 26.7. The molecular weight excluding hydrogens is 564 g/mol. The van der Waals surface area contributed by atoms with Gasteiger partial charge in [-0.25, -0.2) is 0 Å². The highest BCUT2D eigenvalue weighted by Gasteiger charge is 2.44. The molecule has 252 valence electrons. The van der Waals surface area contributed by atoms with E-state index in [0.29, 0.717) is 13.0 Å². The van der Waals surface area contributed by atoms with Gasteiger partial charge in [-0.3, -0.25) is 9.59 Å². The molecule has 1 aromatic carbocycles. The molecule has 0 spiro atoms. The molecule has 0 bridgehead atoms. The Kier molecular flexibility index (Phi) is 20.2. The van der Waals surface area contributed by atoms with Gasteiger partial charge in [0.05, 0.1) is 13.2 Å². The summed E-state index contributed by atoms with van der Waals surface area (Å²) in [6, 6.07) is 9.14. The number of rotatable bonds is 24. The summed E-state index contributed by atoms with van der Waals surface area (Å²) in [5.74, 6) is -0.684. The normalized spacial score (nSPS) is 22.4. The summed E-state index contributed by atoms with van der Waals surface area (Å²) in [5.41, 5.74) is 1.26. The summed E-state index contributed by atoms with van der Waals surface area (Å²) in [5, 5.41) is 45.4. The van der Waals surface area contributed by atoms with Crippen LogP contribution in [0.3, 0.4) is 0 Å². The number of amides is 2. The third-order valence-corrected chi connectivity index (χ3v) is 8.22. The monoisotopic (exact) mass is 622 g/mol. The molecule has 1 heterocycles. The van der Waals surface area contributed by atoms with Gasteiger partial charge in [0.1, 0.15) is 30.5 Å². The van der Waals surface area contributed by atoms with Crippen LogP contribution in [-0.2, 0) is 25.5 Å². The van der Waals surface area contributed by atoms with Crippen LogP contribution in [0.2, 0.25) is 0 Å². The second-order valence-electron chi connectivity index (χ2n) is 12.0. The summed E-state index contributed by atoms with van der Waals surface area (Å²) in [4.78, 5) is 25.8. The number of carbonyl (C=O) groups excluding carboxylic acids is 2. The first-order chi connectivity index (χ1) is 21.4. The molecule has 6 N–H and O–H groups in total. The van der Waals surface area contributed by atoms with Crippen LogP contribution >= 0.6 is 0 Å². The molecule has 6 atom stereocenters. The van der Waals surface area contributed by atoms with E-state index < -0.39 is 49.3 Å². The Bertz CT molecular complexity index is 887. The average Bonchev–Trinajstić information content (AvgIpc) is 3.03. The lowest BCUT2D eigenvalue weighted by Crippen LogP contribution is -2.60. The van der Waals surface area contributed by atoms with Gasteiger partial charge in [0.15, 0.2) is 6.29 Å². The van der Waals surface area contributed by atoms with E-state index in [1.807, 2.05) is 18.2 Å². The number of ether oxygens (including phenoxy) is 2. The summed E-state index contributed by atoms with van der Waals surface area (Å²) in [7, 11) is 0. The Morgan fingerprint density at radius 3 is 2.07 bits per heavy atom. The third kappa shape index (κ3) is 15.3. The zero-order chi connectivity index (χ0) is 32.0. The first-order valence-corrected chi connectivity index (χ1v) is 16.9. The second-order valence-corrected chi connectivity index (χ2v) is 12.0. The molecule has 2 amide bonds. The van der Waals surface area contributed by atoms with Gasteiger partial charge >= 0.3 is 0 Å². The lowest BCUT2D eigenvalue weighted by molar-refractivity contribution is -0.301. The SMILES string of the molecule is CCCCCCCCCCCCCNC(=O)[C@H](CO[C@H]1O[C@H](CO)[C@H](O)[C@H](O)[C@H]1O)NC(=O)CCCCCc1ccccc1. The van der Waals surface area contributed by atoms with Crippen LogP contribution in [0.1, 0.15) is 109 Å². The second kappa shape index (κ2) is 23.3. The zero-order valence-electron chi connectivity index (χ0n) is 26.7. The summed E-state index contributed by atoms with van der Waals surface area (Å²) >= 11 is 0. The fourth-order valence-electron chi connectivity index (χ4n) is 5.41. The molecule has 1 aliphatic rings. The minimum Gasteiger partial charge on any atom is -0.394 e. The van der Waals surface area contributed by atoms with Crippen LogP contribution in [0.5, 0.6) is 0 Å². The van der Waals surface area contributed by atoms with Crippen molar-refractivity contribution in [2.24, 2.45) is 0 Å². The number of aryl methyl sites for hydroxylation is 1. The molecule has 44 heavy (non-hydrogen) atoms. The van der Waals surface area contributed by atoms with Crippen LogP contribution in [0, 0.1) is 0 Å². The minimum atomic E-state index is -1.59. The standard InChI is InChI=1S/C34H58N2O8/c1-2-3-4-5-6-7-8-9-10-11-18-23-35-33(42)27(25-43-34-32(41)31(40)30(39)28(24-37)44-34)36-29(38)22-17-13-16-21-26-19-14-12-15-20-26/h12,14-15,19-20,27-28,30-32,34,37,39-41H,2-11,13,16-18,21-25H2,1H3,(H,35,42)(H,36,38)/t27-,28+,30-,31-,32+,34-/m0/s1. The van der Waals surface area contributed by atoms with Crippen molar-refractivity contribution < 1.29 is 39.5 Å². The maximum absolute atomic E-state index is 13.0. The van der Waals surface area contributed by atoms with Gasteiger partial charge in [0, 0.05) is 13.0 Å². The van der Waals surface area contributed by atoms with Crippen LogP contribution in [-0.4, -0.2) is 88.7 Å². The van der Waals surface area contributed by atoms with Crippen molar-refractivity contribution in [3.05, 3.63) is 35.9 Å². The van der Waals surface area contributed by atoms with E-state index in [1.54, 1.807) is 0 Å². The van der Waals surface area contributed by atoms with Crippen LogP contribution < -0.4 is 10.6 Å². The molecule has 1 saturated heterocycles. The van der Waals surface area contributed by atoms with E-state index in [1.165, 1.54) is 56.9 Å². The molecule has 1 aliphatic heterocycles. The molecule has 10 nitrogen and oxygen atoms in total. The number of benzene rings is 1. The summed E-state index contributed by atoms with van der Waals surface area (Å²) in [6.07, 6.45) is 9.75. The number of aliphatic hydroxyl groups excluding tert-OH is 4. The van der Waals surface area contributed by atoms with Gasteiger partial charge in [0.25, 0.3) is 0 Å². The van der Waals surface area contributed by atoms with Gasteiger partial charge in [-0.15, -0.1) is 0 Å². The smallest absolute Gasteiger partial charge is 0.244 e. The predicted octanol–water partition coefficient (Wildman–Crippen LogP) is 3.52. The van der Waals surface area contributed by atoms with Gasteiger partial charge < -0.3 is 40.5 Å². The molecule has 0 aliphatic carbocycles. The summed E-state index contributed by atoms with van der Waals surface area (Å²) < 4.78 is 11.0. The number of aliphatic hydroxyl groups is 4. The lowest BCUT2D eigenvalue weighted by Gasteiger charge is -2.39. The van der Waals surface area contributed by atoms with Gasteiger partial charge in [-0.05, 0) is 31.2 Å². The topological polar surface area (TPSA) is 158 Å². The van der Waals surface area contributed by atoms with Crippen LogP contribution in [0.4, 0.5) is 0 Å². The molecular formula is C34H58N2O8. The maximum Gasteiger partial charge on any atom is 0.244 e. The van der Waals surface area contributed by atoms with Gasteiger partial charge in [-0.1, -0.05) is 108 Å². The first kappa shape index (κ1) is 38.1.